The summed E-state index contributed by atoms with van der Waals surface area (Å²) in [6.07, 6.45) is 1.64. The summed E-state index contributed by atoms with van der Waals surface area (Å²) in [5.74, 6) is 0.0898. The molecule has 22 heavy (non-hydrogen) atoms. The molecule has 0 bridgehead atoms. The summed E-state index contributed by atoms with van der Waals surface area (Å²) in [5, 5.41) is 4.95. The molecular weight excluding hydrogens is 371 g/mol. The number of hydrogen-bond acceptors (Lipinski definition) is 6. The molecule has 3 heterocycles. The van der Waals surface area contributed by atoms with Gasteiger partial charge in [-0.15, -0.1) is 23.7 Å². The lowest BCUT2D eigenvalue weighted by atomic mass is 10.2. The third-order valence-corrected chi connectivity index (χ3v) is 5.78. The Bertz CT molecular complexity index is 723. The average molecular weight is 387 g/mol. The Labute approximate surface area is 143 Å². The number of halogens is 2. The molecule has 2 aromatic rings. The number of fused-ring (bicyclic) bond motifs is 1. The zero-order chi connectivity index (χ0) is 14.9. The van der Waals surface area contributed by atoms with Crippen LogP contribution in [0.5, 0.6) is 0 Å². The molecule has 1 atom stereocenters. The fraction of sp³-hybridized carbons (Fsp3) is 0.545. The van der Waals surface area contributed by atoms with Crippen LogP contribution in [-0.2, 0) is 14.8 Å². The van der Waals surface area contributed by atoms with E-state index in [2.05, 4.69) is 15.0 Å². The average Bonchev–Trinajstić information content (AvgIpc) is 2.87. The van der Waals surface area contributed by atoms with E-state index in [1.807, 2.05) is 0 Å². The third kappa shape index (κ3) is 3.73. The standard InChI is InChI=1S/C11H15ClN4O3S2.ClH/c12-9-10(16-2-4-20-11(16)15-9)21(17,18)14-6-8-5-13-1-3-19-7-8;/h2,4,8,13-14H,1,3,5-7H2;1H. The van der Waals surface area contributed by atoms with Crippen LogP contribution in [0.25, 0.3) is 4.96 Å². The van der Waals surface area contributed by atoms with E-state index in [0.29, 0.717) is 24.7 Å². The summed E-state index contributed by atoms with van der Waals surface area (Å²) < 4.78 is 34.4. The fourth-order valence-electron chi connectivity index (χ4n) is 2.17. The maximum Gasteiger partial charge on any atom is 0.259 e. The van der Waals surface area contributed by atoms with Gasteiger partial charge in [0.15, 0.2) is 15.1 Å². The summed E-state index contributed by atoms with van der Waals surface area (Å²) >= 11 is 7.29. The normalized spacial score (nSPS) is 19.8. The molecule has 1 aliphatic heterocycles. The first-order valence-electron chi connectivity index (χ1n) is 6.47. The van der Waals surface area contributed by atoms with Crippen molar-refractivity contribution in [3.63, 3.8) is 0 Å². The van der Waals surface area contributed by atoms with Crippen molar-refractivity contribution in [2.75, 3.05) is 32.8 Å². The second-order valence-electron chi connectivity index (χ2n) is 4.76. The topological polar surface area (TPSA) is 84.7 Å². The molecule has 1 unspecified atom stereocenters. The molecule has 1 fully saturated rings. The summed E-state index contributed by atoms with van der Waals surface area (Å²) in [6, 6.07) is 0. The minimum atomic E-state index is -3.71. The van der Waals surface area contributed by atoms with Gasteiger partial charge >= 0.3 is 0 Å². The first kappa shape index (κ1) is 17.9. The van der Waals surface area contributed by atoms with Crippen LogP contribution < -0.4 is 10.0 Å². The van der Waals surface area contributed by atoms with Gasteiger partial charge < -0.3 is 10.1 Å². The highest BCUT2D eigenvalue weighted by Gasteiger charge is 2.26. The van der Waals surface area contributed by atoms with E-state index in [0.717, 1.165) is 13.1 Å². The van der Waals surface area contributed by atoms with Crippen molar-refractivity contribution < 1.29 is 13.2 Å². The molecule has 3 rings (SSSR count). The van der Waals surface area contributed by atoms with E-state index in [1.54, 1.807) is 11.6 Å². The van der Waals surface area contributed by atoms with Crippen LogP contribution in [0.15, 0.2) is 16.6 Å². The van der Waals surface area contributed by atoms with Crippen molar-refractivity contribution in [3.8, 4) is 0 Å². The summed E-state index contributed by atoms with van der Waals surface area (Å²) in [6.45, 7) is 2.98. The molecule has 11 heteroatoms. The van der Waals surface area contributed by atoms with Crippen molar-refractivity contribution in [2.24, 2.45) is 5.92 Å². The second-order valence-corrected chi connectivity index (χ2v) is 7.67. The number of nitrogens with zero attached hydrogens (tertiary/aromatic N) is 2. The Hall–Kier alpha value is -0.420. The number of imidazole rings is 1. The van der Waals surface area contributed by atoms with E-state index in [1.165, 1.54) is 15.7 Å². The van der Waals surface area contributed by atoms with E-state index in [9.17, 15) is 8.42 Å². The third-order valence-electron chi connectivity index (χ3n) is 3.20. The van der Waals surface area contributed by atoms with E-state index in [4.69, 9.17) is 16.3 Å². The van der Waals surface area contributed by atoms with Gasteiger partial charge in [0.25, 0.3) is 10.0 Å². The molecule has 0 amide bonds. The van der Waals surface area contributed by atoms with Gasteiger partial charge in [-0.2, -0.15) is 0 Å². The number of aromatic nitrogens is 2. The first-order chi connectivity index (χ1) is 10.1. The largest absolute Gasteiger partial charge is 0.380 e. The first-order valence-corrected chi connectivity index (χ1v) is 9.21. The fourth-order valence-corrected chi connectivity index (χ4v) is 4.73. The second kappa shape index (κ2) is 7.43. The monoisotopic (exact) mass is 386 g/mol. The van der Waals surface area contributed by atoms with Crippen LogP contribution >= 0.6 is 35.3 Å². The number of ether oxygens (including phenoxy) is 1. The highest BCUT2D eigenvalue weighted by molar-refractivity contribution is 7.89. The van der Waals surface area contributed by atoms with Crippen LogP contribution in [0.2, 0.25) is 5.15 Å². The minimum absolute atomic E-state index is 0. The Morgan fingerprint density at radius 3 is 3.23 bits per heavy atom. The zero-order valence-electron chi connectivity index (χ0n) is 11.5. The lowest BCUT2D eigenvalue weighted by Crippen LogP contribution is -2.35. The van der Waals surface area contributed by atoms with Crippen LogP contribution in [0.4, 0.5) is 0 Å². The minimum Gasteiger partial charge on any atom is -0.380 e. The Kier molecular flexibility index (Phi) is 6.06. The molecule has 0 aliphatic carbocycles. The predicted octanol–water partition coefficient (Wildman–Crippen LogP) is 0.985. The summed E-state index contributed by atoms with van der Waals surface area (Å²) in [5.41, 5.74) is 0. The van der Waals surface area contributed by atoms with E-state index in [-0.39, 0.29) is 28.5 Å². The van der Waals surface area contributed by atoms with E-state index >= 15 is 0 Å². The van der Waals surface area contributed by atoms with Crippen molar-refractivity contribution >= 4 is 50.3 Å². The van der Waals surface area contributed by atoms with Gasteiger partial charge in [0, 0.05) is 37.1 Å². The maximum atomic E-state index is 12.4. The SMILES string of the molecule is Cl.O=S(=O)(NCC1CNCCOC1)c1c(Cl)nc2sccn12. The molecule has 2 N–H and O–H groups in total. The molecule has 0 saturated carbocycles. The van der Waals surface area contributed by atoms with Gasteiger partial charge in [-0.25, -0.2) is 18.1 Å². The summed E-state index contributed by atoms with van der Waals surface area (Å²) in [4.78, 5) is 4.60. The van der Waals surface area contributed by atoms with Gasteiger partial charge in [-0.1, -0.05) is 11.6 Å². The highest BCUT2D eigenvalue weighted by Crippen LogP contribution is 2.25. The van der Waals surface area contributed by atoms with E-state index < -0.39 is 10.0 Å². The van der Waals surface area contributed by atoms with Crippen molar-refractivity contribution in [1.82, 2.24) is 19.4 Å². The van der Waals surface area contributed by atoms with Crippen molar-refractivity contribution in [1.29, 1.82) is 0 Å². The highest BCUT2D eigenvalue weighted by atomic mass is 35.5. The van der Waals surface area contributed by atoms with Gasteiger partial charge in [0.1, 0.15) is 0 Å². The predicted molar refractivity (Wildman–Crippen MR) is 87.7 cm³/mol. The van der Waals surface area contributed by atoms with Crippen molar-refractivity contribution in [3.05, 3.63) is 16.7 Å². The lowest BCUT2D eigenvalue weighted by Gasteiger charge is -2.14. The number of sulfonamides is 1. The molecule has 7 nitrogen and oxygen atoms in total. The molecule has 1 aliphatic rings. The van der Waals surface area contributed by atoms with Gasteiger partial charge in [-0.3, -0.25) is 4.40 Å². The quantitative estimate of drug-likeness (QED) is 0.817. The maximum absolute atomic E-state index is 12.4. The van der Waals surface area contributed by atoms with Gasteiger partial charge in [0.05, 0.1) is 13.2 Å². The van der Waals surface area contributed by atoms with Gasteiger partial charge in [-0.05, 0) is 0 Å². The zero-order valence-corrected chi connectivity index (χ0v) is 14.7. The van der Waals surface area contributed by atoms with Crippen LogP contribution in [-0.4, -0.2) is 50.7 Å². The molecule has 0 aromatic carbocycles. The molecule has 0 spiro atoms. The van der Waals surface area contributed by atoms with Crippen LogP contribution in [0.1, 0.15) is 0 Å². The summed E-state index contributed by atoms with van der Waals surface area (Å²) in [7, 11) is -3.71. The Morgan fingerprint density at radius 2 is 2.41 bits per heavy atom. The Balaban J connectivity index is 0.00000176. The number of thiazole rings is 1. The Morgan fingerprint density at radius 1 is 1.59 bits per heavy atom. The number of hydrogen-bond donors (Lipinski definition) is 2. The number of nitrogens with one attached hydrogen (secondary N) is 2. The molecular formula is C11H16Cl2N4O3S2. The number of rotatable bonds is 4. The van der Waals surface area contributed by atoms with Gasteiger partial charge in [0.2, 0.25) is 0 Å². The molecule has 0 radical (unpaired) electrons. The van der Waals surface area contributed by atoms with Crippen LogP contribution in [0, 0.1) is 5.92 Å². The van der Waals surface area contributed by atoms with Crippen LogP contribution in [0.3, 0.4) is 0 Å². The molecule has 1 saturated heterocycles. The van der Waals surface area contributed by atoms with Crippen molar-refractivity contribution in [2.45, 2.75) is 5.03 Å². The smallest absolute Gasteiger partial charge is 0.259 e. The molecule has 2 aromatic heterocycles. The lowest BCUT2D eigenvalue weighted by molar-refractivity contribution is 0.124. The molecule has 124 valence electrons.